The summed E-state index contributed by atoms with van der Waals surface area (Å²) in [5, 5.41) is 4.40. The molecule has 0 atom stereocenters. The molecule has 3 heterocycles. The summed E-state index contributed by atoms with van der Waals surface area (Å²) < 4.78 is 25.4. The Balaban J connectivity index is 1.31. The van der Waals surface area contributed by atoms with Crippen molar-refractivity contribution in [2.24, 2.45) is 0 Å². The Morgan fingerprint density at radius 3 is 1.93 bits per heavy atom. The summed E-state index contributed by atoms with van der Waals surface area (Å²) in [5.41, 5.74) is 8.07. The lowest BCUT2D eigenvalue weighted by Crippen LogP contribution is -2.41. The van der Waals surface area contributed by atoms with Crippen molar-refractivity contribution in [3.05, 3.63) is 103 Å². The predicted molar refractivity (Wildman–Crippen MR) is 168 cm³/mol. The number of para-hydroxylation sites is 2. The van der Waals surface area contributed by atoms with Gasteiger partial charge >= 0.3 is 7.12 Å². The van der Waals surface area contributed by atoms with Gasteiger partial charge in [0.15, 0.2) is 0 Å². The van der Waals surface area contributed by atoms with Crippen LogP contribution >= 0.6 is 0 Å². The molecule has 1 aliphatic heterocycles. The van der Waals surface area contributed by atoms with Crippen LogP contribution in [-0.4, -0.2) is 18.3 Å². The molecule has 0 saturated carbocycles. The fourth-order valence-electron chi connectivity index (χ4n) is 6.02. The molecular weight excluding hydrogens is 507 g/mol. The summed E-state index contributed by atoms with van der Waals surface area (Å²) in [6.07, 6.45) is 0. The maximum absolute atomic E-state index is 6.59. The van der Waals surface area contributed by atoms with Gasteiger partial charge in [0.05, 0.1) is 11.2 Å². The molecule has 41 heavy (non-hydrogen) atoms. The van der Waals surface area contributed by atoms with Gasteiger partial charge in [-0.3, -0.25) is 0 Å². The fourth-order valence-corrected chi connectivity index (χ4v) is 6.02. The zero-order valence-electron chi connectivity index (χ0n) is 23.5. The van der Waals surface area contributed by atoms with Crippen molar-refractivity contribution in [2.45, 2.75) is 38.9 Å². The highest BCUT2D eigenvalue weighted by Crippen LogP contribution is 2.43. The van der Waals surface area contributed by atoms with Crippen LogP contribution in [0.15, 0.2) is 112 Å². The van der Waals surface area contributed by atoms with Crippen LogP contribution in [0.3, 0.4) is 0 Å². The quantitative estimate of drug-likeness (QED) is 0.211. The summed E-state index contributed by atoms with van der Waals surface area (Å²) in [7, 11) is -0.424. The Labute approximate surface area is 238 Å². The minimum Gasteiger partial charge on any atom is -0.456 e. The number of benzene rings is 5. The second-order valence-corrected chi connectivity index (χ2v) is 12.0. The first-order valence-electron chi connectivity index (χ1n) is 14.1. The number of hydrogen-bond acceptors (Lipinski definition) is 4. The molecule has 0 spiro atoms. The van der Waals surface area contributed by atoms with Crippen LogP contribution in [0.25, 0.3) is 66.1 Å². The van der Waals surface area contributed by atoms with Crippen molar-refractivity contribution >= 4 is 56.5 Å². The number of furan rings is 2. The Kier molecular flexibility index (Phi) is 5.13. The molecule has 1 fully saturated rings. The monoisotopic (exact) mass is 536 g/mol. The summed E-state index contributed by atoms with van der Waals surface area (Å²) in [6.45, 7) is 8.33. The molecule has 0 N–H and O–H groups in total. The first-order chi connectivity index (χ1) is 19.8. The summed E-state index contributed by atoms with van der Waals surface area (Å²) in [5.74, 6) is 0. The van der Waals surface area contributed by atoms with E-state index in [0.29, 0.717) is 0 Å². The largest absolute Gasteiger partial charge is 0.494 e. The van der Waals surface area contributed by atoms with Crippen LogP contribution < -0.4 is 5.46 Å². The van der Waals surface area contributed by atoms with E-state index in [9.17, 15) is 0 Å². The number of hydrogen-bond donors (Lipinski definition) is 0. The summed E-state index contributed by atoms with van der Waals surface area (Å²) >= 11 is 0. The van der Waals surface area contributed by atoms with Crippen molar-refractivity contribution in [3.8, 4) is 22.3 Å². The molecule has 1 aliphatic rings. The smallest absolute Gasteiger partial charge is 0.456 e. The Morgan fingerprint density at radius 2 is 1.15 bits per heavy atom. The lowest BCUT2D eigenvalue weighted by molar-refractivity contribution is 0.00578. The third-order valence-electron chi connectivity index (χ3n) is 8.94. The topological polar surface area (TPSA) is 44.7 Å². The molecule has 5 heteroatoms. The van der Waals surface area contributed by atoms with E-state index in [-0.39, 0.29) is 0 Å². The van der Waals surface area contributed by atoms with Crippen LogP contribution in [0.1, 0.15) is 27.7 Å². The summed E-state index contributed by atoms with van der Waals surface area (Å²) in [6, 6.07) is 35.7. The van der Waals surface area contributed by atoms with Gasteiger partial charge in [-0.25, -0.2) is 0 Å². The highest BCUT2D eigenvalue weighted by Gasteiger charge is 2.51. The van der Waals surface area contributed by atoms with Crippen molar-refractivity contribution in [1.82, 2.24) is 0 Å². The van der Waals surface area contributed by atoms with Gasteiger partial charge in [-0.1, -0.05) is 72.8 Å². The average molecular weight is 536 g/mol. The van der Waals surface area contributed by atoms with E-state index in [2.05, 4.69) is 100 Å². The molecule has 200 valence electrons. The molecule has 2 aromatic heterocycles. The molecule has 1 saturated heterocycles. The molecule has 0 aliphatic carbocycles. The lowest BCUT2D eigenvalue weighted by atomic mass is 9.77. The molecule has 0 amide bonds. The van der Waals surface area contributed by atoms with Gasteiger partial charge < -0.3 is 18.1 Å². The van der Waals surface area contributed by atoms with Gasteiger partial charge in [0.25, 0.3) is 0 Å². The molecule has 7 aromatic rings. The van der Waals surface area contributed by atoms with E-state index >= 15 is 0 Å². The zero-order chi connectivity index (χ0) is 27.9. The first kappa shape index (κ1) is 24.5. The highest BCUT2D eigenvalue weighted by molar-refractivity contribution is 6.62. The number of rotatable bonds is 3. The van der Waals surface area contributed by atoms with Crippen LogP contribution in [0.2, 0.25) is 0 Å². The van der Waals surface area contributed by atoms with Crippen LogP contribution in [0, 0.1) is 0 Å². The Bertz CT molecular complexity index is 2110. The van der Waals surface area contributed by atoms with E-state index in [0.717, 1.165) is 71.6 Å². The number of fused-ring (bicyclic) bond motifs is 6. The van der Waals surface area contributed by atoms with Gasteiger partial charge in [-0.15, -0.1) is 0 Å². The van der Waals surface area contributed by atoms with Crippen molar-refractivity contribution in [2.75, 3.05) is 0 Å². The molecule has 0 bridgehead atoms. The van der Waals surface area contributed by atoms with Gasteiger partial charge in [0, 0.05) is 27.1 Å². The predicted octanol–water partition coefficient (Wildman–Crippen LogP) is 9.12. The lowest BCUT2D eigenvalue weighted by Gasteiger charge is -2.32. The molecule has 0 radical (unpaired) electrons. The van der Waals surface area contributed by atoms with Crippen LogP contribution in [0.4, 0.5) is 0 Å². The molecule has 0 unspecified atom stereocenters. The third-order valence-corrected chi connectivity index (χ3v) is 8.94. The maximum Gasteiger partial charge on any atom is 0.494 e. The van der Waals surface area contributed by atoms with E-state index < -0.39 is 18.3 Å². The standard InChI is InChI=1S/C36H29BO4/c1-35(2)36(3,4)41-37(40-35)24-11-9-10-22(20-24)25-17-18-26(34-33(25)28-13-6-8-15-31(28)39-34)23-16-19-32-29(21-23)27-12-5-7-14-30(27)38-32/h5-21H,1-4H3. The van der Waals surface area contributed by atoms with Crippen molar-refractivity contribution in [1.29, 1.82) is 0 Å². The normalized spacial score (nSPS) is 16.4. The van der Waals surface area contributed by atoms with Gasteiger partial charge in [0.2, 0.25) is 0 Å². The Hall–Kier alpha value is -4.32. The van der Waals surface area contributed by atoms with Crippen LogP contribution in [0.5, 0.6) is 0 Å². The van der Waals surface area contributed by atoms with E-state index in [4.69, 9.17) is 18.1 Å². The SMILES string of the molecule is CC1(C)OB(c2cccc(-c3ccc(-c4ccc5oc6ccccc6c5c4)c4oc5ccccc5c34)c2)OC1(C)C. The van der Waals surface area contributed by atoms with E-state index in [1.54, 1.807) is 0 Å². The van der Waals surface area contributed by atoms with Gasteiger partial charge in [-0.05, 0) is 80.2 Å². The zero-order valence-corrected chi connectivity index (χ0v) is 23.5. The molecule has 8 rings (SSSR count). The van der Waals surface area contributed by atoms with Crippen LogP contribution in [-0.2, 0) is 9.31 Å². The third kappa shape index (κ3) is 3.69. The van der Waals surface area contributed by atoms with Crippen molar-refractivity contribution < 1.29 is 18.1 Å². The minimum absolute atomic E-state index is 0.398. The van der Waals surface area contributed by atoms with Gasteiger partial charge in [-0.2, -0.15) is 0 Å². The highest BCUT2D eigenvalue weighted by atomic mass is 16.7. The second kappa shape index (κ2) is 8.59. The van der Waals surface area contributed by atoms with Gasteiger partial charge in [0.1, 0.15) is 22.3 Å². The maximum atomic E-state index is 6.59. The molecular formula is C36H29BO4. The fraction of sp³-hybridized carbons (Fsp3) is 0.167. The minimum atomic E-state index is -0.424. The van der Waals surface area contributed by atoms with Crippen molar-refractivity contribution in [3.63, 3.8) is 0 Å². The second-order valence-electron chi connectivity index (χ2n) is 12.0. The van der Waals surface area contributed by atoms with E-state index in [1.807, 2.05) is 30.3 Å². The first-order valence-corrected chi connectivity index (χ1v) is 14.1. The molecule has 5 aromatic carbocycles. The van der Waals surface area contributed by atoms with E-state index in [1.165, 1.54) is 0 Å². The molecule has 4 nitrogen and oxygen atoms in total. The average Bonchev–Trinajstić information content (AvgIpc) is 3.61. The summed E-state index contributed by atoms with van der Waals surface area (Å²) in [4.78, 5) is 0. The Morgan fingerprint density at radius 1 is 0.512 bits per heavy atom.